The Labute approximate surface area is 138 Å². The Morgan fingerprint density at radius 3 is 2.96 bits per heavy atom. The van der Waals surface area contributed by atoms with Gasteiger partial charge in [-0.1, -0.05) is 19.1 Å². The number of nitrogens with one attached hydrogen (secondary N) is 1. The molecule has 1 aromatic carbocycles. The van der Waals surface area contributed by atoms with E-state index in [0.29, 0.717) is 5.82 Å². The molecule has 3 heterocycles. The minimum atomic E-state index is 0.286. The van der Waals surface area contributed by atoms with Crippen LogP contribution >= 0.6 is 0 Å². The molecule has 120 valence electrons. The van der Waals surface area contributed by atoms with Crippen LogP contribution in [0.1, 0.15) is 18.3 Å². The Balaban J connectivity index is 1.81. The number of aromatic nitrogens is 6. The van der Waals surface area contributed by atoms with Gasteiger partial charge in [0, 0.05) is 23.3 Å². The molecule has 0 aliphatic heterocycles. The van der Waals surface area contributed by atoms with Crippen molar-refractivity contribution >= 4 is 11.0 Å². The molecule has 24 heavy (non-hydrogen) atoms. The predicted octanol–water partition coefficient (Wildman–Crippen LogP) is 2.23. The summed E-state index contributed by atoms with van der Waals surface area (Å²) >= 11 is 0. The van der Waals surface area contributed by atoms with Crippen LogP contribution in [0.2, 0.25) is 0 Å². The molecule has 3 aromatic heterocycles. The van der Waals surface area contributed by atoms with Crippen LogP contribution in [0.5, 0.6) is 0 Å². The fourth-order valence-electron chi connectivity index (χ4n) is 2.86. The van der Waals surface area contributed by atoms with Gasteiger partial charge in [0.1, 0.15) is 5.65 Å². The van der Waals surface area contributed by atoms with Crippen LogP contribution in [0.25, 0.3) is 27.8 Å². The van der Waals surface area contributed by atoms with Crippen molar-refractivity contribution in [3.05, 3.63) is 54.1 Å². The number of aromatic amines is 1. The van der Waals surface area contributed by atoms with Crippen LogP contribution in [0.3, 0.4) is 0 Å². The lowest BCUT2D eigenvalue weighted by atomic mass is 10.0. The molecule has 0 saturated heterocycles. The summed E-state index contributed by atoms with van der Waals surface area (Å²) in [5.74, 6) is 0.625. The number of rotatable bonds is 4. The molecule has 0 amide bonds. The molecule has 0 spiro atoms. The van der Waals surface area contributed by atoms with E-state index in [1.54, 1.807) is 4.68 Å². The Hall–Kier alpha value is -3.06. The van der Waals surface area contributed by atoms with Crippen LogP contribution in [-0.4, -0.2) is 30.2 Å². The number of hydrogen-bond donors (Lipinski definition) is 2. The third-order valence-electron chi connectivity index (χ3n) is 4.14. The minimum Gasteiger partial charge on any atom is -0.346 e. The summed E-state index contributed by atoms with van der Waals surface area (Å²) in [5.41, 5.74) is 10.9. The van der Waals surface area contributed by atoms with E-state index in [4.69, 9.17) is 5.73 Å². The zero-order valence-electron chi connectivity index (χ0n) is 13.3. The zero-order valence-corrected chi connectivity index (χ0v) is 13.3. The first-order valence-corrected chi connectivity index (χ1v) is 7.84. The van der Waals surface area contributed by atoms with E-state index in [9.17, 15) is 0 Å². The summed E-state index contributed by atoms with van der Waals surface area (Å²) in [5, 5.41) is 12.8. The van der Waals surface area contributed by atoms with Crippen molar-refractivity contribution in [2.24, 2.45) is 5.73 Å². The number of H-pyrrole nitrogens is 1. The minimum absolute atomic E-state index is 0.286. The number of benzene rings is 1. The van der Waals surface area contributed by atoms with E-state index < -0.39 is 0 Å². The molecule has 4 aromatic rings. The molecule has 0 unspecified atom stereocenters. The molecule has 0 aliphatic rings. The second-order valence-electron chi connectivity index (χ2n) is 5.55. The van der Waals surface area contributed by atoms with Crippen molar-refractivity contribution in [2.45, 2.75) is 19.9 Å². The lowest BCUT2D eigenvalue weighted by Gasteiger charge is -2.07. The van der Waals surface area contributed by atoms with Gasteiger partial charge in [-0.2, -0.15) is 4.68 Å². The number of tetrazole rings is 1. The van der Waals surface area contributed by atoms with E-state index in [1.165, 1.54) is 5.56 Å². The molecule has 0 atom stereocenters. The maximum atomic E-state index is 5.69. The number of hydrogen-bond acceptors (Lipinski definition) is 5. The average Bonchev–Trinajstić information content (AvgIpc) is 3.27. The average molecular weight is 319 g/mol. The van der Waals surface area contributed by atoms with Gasteiger partial charge in [0.15, 0.2) is 5.82 Å². The summed E-state index contributed by atoms with van der Waals surface area (Å²) < 4.78 is 1.66. The van der Waals surface area contributed by atoms with Gasteiger partial charge in [0.2, 0.25) is 0 Å². The smallest absolute Gasteiger partial charge is 0.170 e. The molecule has 7 heteroatoms. The highest BCUT2D eigenvalue weighted by molar-refractivity contribution is 5.84. The third-order valence-corrected chi connectivity index (χ3v) is 4.14. The van der Waals surface area contributed by atoms with Gasteiger partial charge in [0.05, 0.1) is 12.2 Å². The van der Waals surface area contributed by atoms with Gasteiger partial charge < -0.3 is 10.7 Å². The molecule has 3 N–H and O–H groups in total. The molecule has 0 aliphatic carbocycles. The van der Waals surface area contributed by atoms with Gasteiger partial charge >= 0.3 is 0 Å². The molecule has 0 fully saturated rings. The van der Waals surface area contributed by atoms with E-state index in [-0.39, 0.29) is 6.54 Å². The highest BCUT2D eigenvalue weighted by Crippen LogP contribution is 2.26. The summed E-state index contributed by atoms with van der Waals surface area (Å²) in [6.07, 6.45) is 4.86. The predicted molar refractivity (Wildman–Crippen MR) is 91.5 cm³/mol. The molecular formula is C17H17N7. The van der Waals surface area contributed by atoms with Crippen LogP contribution in [0, 0.1) is 0 Å². The molecule has 0 radical (unpaired) electrons. The first-order chi connectivity index (χ1) is 11.8. The lowest BCUT2D eigenvalue weighted by Crippen LogP contribution is -2.08. The number of pyridine rings is 1. The Morgan fingerprint density at radius 2 is 2.12 bits per heavy atom. The van der Waals surface area contributed by atoms with Crippen molar-refractivity contribution in [2.75, 3.05) is 0 Å². The summed E-state index contributed by atoms with van der Waals surface area (Å²) in [7, 11) is 0. The highest BCUT2D eigenvalue weighted by atomic mass is 15.5. The first-order valence-electron chi connectivity index (χ1n) is 7.84. The monoisotopic (exact) mass is 319 g/mol. The fraction of sp³-hybridized carbons (Fsp3) is 0.176. The summed E-state index contributed by atoms with van der Waals surface area (Å²) in [6.45, 7) is 2.43. The van der Waals surface area contributed by atoms with E-state index in [1.807, 2.05) is 30.6 Å². The largest absolute Gasteiger partial charge is 0.346 e. The first kappa shape index (κ1) is 14.5. The second kappa shape index (κ2) is 5.86. The van der Waals surface area contributed by atoms with Crippen molar-refractivity contribution in [3.63, 3.8) is 0 Å². The molecule has 0 bridgehead atoms. The van der Waals surface area contributed by atoms with E-state index in [0.717, 1.165) is 34.3 Å². The third kappa shape index (κ3) is 2.35. The maximum absolute atomic E-state index is 5.69. The topological polar surface area (TPSA) is 98.3 Å². The van der Waals surface area contributed by atoms with Gasteiger partial charge in [-0.3, -0.25) is 0 Å². The van der Waals surface area contributed by atoms with Crippen LogP contribution in [0.4, 0.5) is 0 Å². The maximum Gasteiger partial charge on any atom is 0.170 e. The van der Waals surface area contributed by atoms with Crippen molar-refractivity contribution < 1.29 is 0 Å². The van der Waals surface area contributed by atoms with Crippen LogP contribution in [-0.2, 0) is 13.0 Å². The van der Waals surface area contributed by atoms with Gasteiger partial charge in [-0.05, 0) is 46.2 Å². The van der Waals surface area contributed by atoms with Crippen molar-refractivity contribution in [1.82, 2.24) is 30.2 Å². The van der Waals surface area contributed by atoms with Gasteiger partial charge in [0.25, 0.3) is 0 Å². The number of fused-ring (bicyclic) bond motifs is 1. The molecule has 0 saturated carbocycles. The van der Waals surface area contributed by atoms with Crippen LogP contribution < -0.4 is 5.73 Å². The Morgan fingerprint density at radius 1 is 1.21 bits per heavy atom. The van der Waals surface area contributed by atoms with E-state index in [2.05, 4.69) is 44.5 Å². The molecule has 7 nitrogen and oxygen atoms in total. The van der Waals surface area contributed by atoms with Crippen molar-refractivity contribution in [3.8, 4) is 16.8 Å². The quantitative estimate of drug-likeness (QED) is 0.601. The fourth-order valence-corrected chi connectivity index (χ4v) is 2.86. The van der Waals surface area contributed by atoms with Gasteiger partial charge in [-0.15, -0.1) is 5.10 Å². The standard InChI is InChI=1S/C17H17N7/c1-2-11-9-19-17-15(11)7-13(10-20-17)12-4-3-5-14(6-12)24-16(8-18)21-22-23-24/h3-7,9-10H,2,8,18H2,1H3,(H,19,20). The van der Waals surface area contributed by atoms with Crippen LogP contribution in [0.15, 0.2) is 42.7 Å². The Bertz CT molecular complexity index is 999. The summed E-state index contributed by atoms with van der Waals surface area (Å²) in [6, 6.07) is 10.2. The zero-order chi connectivity index (χ0) is 16.5. The highest BCUT2D eigenvalue weighted by Gasteiger charge is 2.09. The van der Waals surface area contributed by atoms with E-state index >= 15 is 0 Å². The van der Waals surface area contributed by atoms with Crippen molar-refractivity contribution in [1.29, 1.82) is 0 Å². The second-order valence-corrected chi connectivity index (χ2v) is 5.55. The number of aryl methyl sites for hydroxylation is 1. The molecular weight excluding hydrogens is 302 g/mol. The SMILES string of the molecule is CCc1c[nH]c2ncc(-c3cccc(-n4nnnc4CN)c3)cc12. The number of nitrogens with zero attached hydrogens (tertiary/aromatic N) is 5. The number of nitrogens with two attached hydrogens (primary N) is 1. The lowest BCUT2D eigenvalue weighted by molar-refractivity contribution is 0.761. The molecule has 4 rings (SSSR count). The van der Waals surface area contributed by atoms with Gasteiger partial charge in [-0.25, -0.2) is 4.98 Å². The Kier molecular flexibility index (Phi) is 3.55. The summed E-state index contributed by atoms with van der Waals surface area (Å²) in [4.78, 5) is 7.74. The normalized spacial score (nSPS) is 11.2.